The van der Waals surface area contributed by atoms with E-state index in [1.165, 1.54) is 23.2 Å². The van der Waals surface area contributed by atoms with E-state index in [4.69, 9.17) is 0 Å². The summed E-state index contributed by atoms with van der Waals surface area (Å²) in [5.41, 5.74) is 4.28. The van der Waals surface area contributed by atoms with E-state index < -0.39 is 0 Å². The molecule has 2 aromatic carbocycles. The Bertz CT molecular complexity index is 608. The van der Waals surface area contributed by atoms with Gasteiger partial charge in [-0.1, -0.05) is 49.4 Å². The van der Waals surface area contributed by atoms with Crippen LogP contribution in [0.25, 0.3) is 0 Å². The van der Waals surface area contributed by atoms with Crippen LogP contribution in [-0.4, -0.2) is 19.6 Å². The maximum atomic E-state index is 3.80. The van der Waals surface area contributed by atoms with E-state index >= 15 is 0 Å². The van der Waals surface area contributed by atoms with E-state index in [0.29, 0.717) is 18.0 Å². The number of likely N-dealkylation sites (N-methyl/N-ethyl adjacent to an activating group) is 1. The molecule has 116 valence electrons. The van der Waals surface area contributed by atoms with Crippen molar-refractivity contribution in [3.8, 4) is 0 Å². The van der Waals surface area contributed by atoms with Crippen LogP contribution in [0.1, 0.15) is 31.0 Å². The minimum atomic E-state index is 0.461. The Morgan fingerprint density at radius 2 is 1.77 bits per heavy atom. The third-order valence-electron chi connectivity index (χ3n) is 4.96. The molecule has 0 fully saturated rings. The molecule has 2 nitrogen and oxygen atoms in total. The van der Waals surface area contributed by atoms with Crippen LogP contribution in [0.4, 0.5) is 5.69 Å². The Morgan fingerprint density at radius 1 is 1.09 bits per heavy atom. The first-order valence-corrected chi connectivity index (χ1v) is 8.26. The zero-order valence-corrected chi connectivity index (χ0v) is 13.8. The standard InChI is InChI=1S/C20H26N2/c1-15-13-17-9-7-8-12-19(17)20(15)21-14-16(2)22(3)18-10-5-4-6-11-18/h4-12,15-16,20-21H,13-14H2,1-3H3. The number of rotatable bonds is 5. The summed E-state index contributed by atoms with van der Waals surface area (Å²) in [5.74, 6) is 0.673. The van der Waals surface area contributed by atoms with E-state index in [0.717, 1.165) is 6.54 Å². The fraction of sp³-hybridized carbons (Fsp3) is 0.400. The van der Waals surface area contributed by atoms with Gasteiger partial charge < -0.3 is 10.2 Å². The van der Waals surface area contributed by atoms with E-state index in [1.807, 2.05) is 0 Å². The molecule has 1 N–H and O–H groups in total. The lowest BCUT2D eigenvalue weighted by molar-refractivity contribution is 0.403. The molecule has 0 heterocycles. The maximum Gasteiger partial charge on any atom is 0.0383 e. The highest BCUT2D eigenvalue weighted by atomic mass is 15.2. The van der Waals surface area contributed by atoms with Crippen LogP contribution in [0.5, 0.6) is 0 Å². The van der Waals surface area contributed by atoms with Gasteiger partial charge in [0.05, 0.1) is 0 Å². The molecule has 3 atom stereocenters. The molecule has 0 saturated heterocycles. The van der Waals surface area contributed by atoms with Gasteiger partial charge in [0.2, 0.25) is 0 Å². The highest BCUT2D eigenvalue weighted by Gasteiger charge is 2.28. The number of nitrogens with zero attached hydrogens (tertiary/aromatic N) is 1. The molecule has 0 saturated carbocycles. The minimum absolute atomic E-state index is 0.461. The Kier molecular flexibility index (Phi) is 4.49. The lowest BCUT2D eigenvalue weighted by Gasteiger charge is -2.29. The van der Waals surface area contributed by atoms with Gasteiger partial charge in [0.1, 0.15) is 0 Å². The van der Waals surface area contributed by atoms with E-state index in [1.54, 1.807) is 0 Å². The van der Waals surface area contributed by atoms with Crippen molar-refractivity contribution in [3.05, 3.63) is 65.7 Å². The highest BCUT2D eigenvalue weighted by Crippen LogP contribution is 2.35. The second-order valence-corrected chi connectivity index (χ2v) is 6.56. The number of hydrogen-bond donors (Lipinski definition) is 1. The molecule has 0 spiro atoms. The van der Waals surface area contributed by atoms with Crippen LogP contribution in [0.3, 0.4) is 0 Å². The summed E-state index contributed by atoms with van der Waals surface area (Å²) in [7, 11) is 2.17. The number of hydrogen-bond acceptors (Lipinski definition) is 2. The van der Waals surface area contributed by atoms with Gasteiger partial charge >= 0.3 is 0 Å². The third kappa shape index (κ3) is 3.02. The lowest BCUT2D eigenvalue weighted by atomic mass is 10.0. The summed E-state index contributed by atoms with van der Waals surface area (Å²) in [6, 6.07) is 20.4. The molecule has 0 amide bonds. The molecule has 1 aliphatic carbocycles. The fourth-order valence-corrected chi connectivity index (χ4v) is 3.46. The Morgan fingerprint density at radius 3 is 2.55 bits per heavy atom. The quantitative estimate of drug-likeness (QED) is 0.895. The summed E-state index contributed by atoms with van der Waals surface area (Å²) < 4.78 is 0. The average molecular weight is 294 g/mol. The summed E-state index contributed by atoms with van der Waals surface area (Å²) in [5, 5.41) is 3.80. The summed E-state index contributed by atoms with van der Waals surface area (Å²) in [4.78, 5) is 2.35. The third-order valence-corrected chi connectivity index (χ3v) is 4.96. The van der Waals surface area contributed by atoms with Gasteiger partial charge in [-0.3, -0.25) is 0 Å². The van der Waals surface area contributed by atoms with Crippen LogP contribution < -0.4 is 10.2 Å². The average Bonchev–Trinajstić information content (AvgIpc) is 2.88. The fourth-order valence-electron chi connectivity index (χ4n) is 3.46. The minimum Gasteiger partial charge on any atom is -0.371 e. The smallest absolute Gasteiger partial charge is 0.0383 e. The molecule has 0 radical (unpaired) electrons. The molecule has 3 rings (SSSR count). The largest absolute Gasteiger partial charge is 0.371 e. The van der Waals surface area contributed by atoms with E-state index in [9.17, 15) is 0 Å². The Labute approximate surface area is 134 Å². The SMILES string of the molecule is CC1Cc2ccccc2C1NCC(C)N(C)c1ccccc1. The summed E-state index contributed by atoms with van der Waals surface area (Å²) in [6.45, 7) is 5.63. The van der Waals surface area contributed by atoms with Crippen LogP contribution in [0.15, 0.2) is 54.6 Å². The van der Waals surface area contributed by atoms with Gasteiger partial charge in [-0.2, -0.15) is 0 Å². The molecule has 0 bridgehead atoms. The van der Waals surface area contributed by atoms with Crippen molar-refractivity contribution in [1.29, 1.82) is 0 Å². The second-order valence-electron chi connectivity index (χ2n) is 6.56. The van der Waals surface area contributed by atoms with E-state index in [-0.39, 0.29) is 0 Å². The first kappa shape index (κ1) is 15.1. The monoisotopic (exact) mass is 294 g/mol. The predicted molar refractivity (Wildman–Crippen MR) is 94.4 cm³/mol. The molecular weight excluding hydrogens is 268 g/mol. The van der Waals surface area contributed by atoms with Crippen LogP contribution in [0.2, 0.25) is 0 Å². The molecule has 0 aromatic heterocycles. The van der Waals surface area contributed by atoms with Crippen molar-refractivity contribution in [1.82, 2.24) is 5.32 Å². The number of anilines is 1. The maximum absolute atomic E-state index is 3.80. The van der Waals surface area contributed by atoms with Gasteiger partial charge in [0.25, 0.3) is 0 Å². The predicted octanol–water partition coefficient (Wildman–Crippen LogP) is 4.03. The van der Waals surface area contributed by atoms with Crippen molar-refractivity contribution < 1.29 is 0 Å². The van der Waals surface area contributed by atoms with Crippen molar-refractivity contribution in [2.45, 2.75) is 32.4 Å². The molecule has 22 heavy (non-hydrogen) atoms. The van der Waals surface area contributed by atoms with Crippen molar-refractivity contribution >= 4 is 5.69 Å². The molecule has 2 heteroatoms. The Balaban J connectivity index is 1.63. The zero-order valence-electron chi connectivity index (χ0n) is 13.8. The summed E-state index contributed by atoms with van der Waals surface area (Å²) in [6.07, 6.45) is 1.19. The Hall–Kier alpha value is -1.80. The van der Waals surface area contributed by atoms with Gasteiger partial charge in [-0.15, -0.1) is 0 Å². The van der Waals surface area contributed by atoms with Crippen LogP contribution >= 0.6 is 0 Å². The number of fused-ring (bicyclic) bond motifs is 1. The van der Waals surface area contributed by atoms with Gasteiger partial charge in [-0.25, -0.2) is 0 Å². The molecule has 0 aliphatic heterocycles. The van der Waals surface area contributed by atoms with Crippen LogP contribution in [0, 0.1) is 5.92 Å². The van der Waals surface area contributed by atoms with Gasteiger partial charge in [0, 0.05) is 31.4 Å². The first-order chi connectivity index (χ1) is 10.7. The highest BCUT2D eigenvalue weighted by molar-refractivity contribution is 5.46. The van der Waals surface area contributed by atoms with Crippen LogP contribution in [-0.2, 0) is 6.42 Å². The number of benzene rings is 2. The van der Waals surface area contributed by atoms with Crippen molar-refractivity contribution in [3.63, 3.8) is 0 Å². The number of para-hydroxylation sites is 1. The lowest BCUT2D eigenvalue weighted by Crippen LogP contribution is -2.40. The molecule has 2 aromatic rings. The zero-order chi connectivity index (χ0) is 15.5. The summed E-state index contributed by atoms with van der Waals surface area (Å²) >= 11 is 0. The topological polar surface area (TPSA) is 15.3 Å². The molecule has 1 aliphatic rings. The van der Waals surface area contributed by atoms with Gasteiger partial charge in [-0.05, 0) is 42.5 Å². The van der Waals surface area contributed by atoms with E-state index in [2.05, 4.69) is 85.7 Å². The van der Waals surface area contributed by atoms with Crippen molar-refractivity contribution in [2.75, 3.05) is 18.5 Å². The van der Waals surface area contributed by atoms with Gasteiger partial charge in [0.15, 0.2) is 0 Å². The molecular formula is C20H26N2. The second kappa shape index (κ2) is 6.53. The normalized spacial score (nSPS) is 21.4. The molecule has 3 unspecified atom stereocenters. The number of nitrogens with one attached hydrogen (secondary N) is 1. The van der Waals surface area contributed by atoms with Crippen molar-refractivity contribution in [2.24, 2.45) is 5.92 Å². The first-order valence-electron chi connectivity index (χ1n) is 8.26.